The van der Waals surface area contributed by atoms with Gasteiger partial charge < -0.3 is 45.3 Å². The fourth-order valence-electron chi connectivity index (χ4n) is 11.2. The zero-order valence-electron chi connectivity index (χ0n) is 48.3. The van der Waals surface area contributed by atoms with Crippen LogP contribution in [0, 0.1) is 5.82 Å². The molecular formula is C59H75Cl2F2N17O6. The van der Waals surface area contributed by atoms with Crippen molar-refractivity contribution in [3.05, 3.63) is 129 Å². The lowest BCUT2D eigenvalue weighted by Crippen LogP contribution is -2.54. The number of aromatic hydroxyl groups is 2. The number of piperazine rings is 4. The van der Waals surface area contributed by atoms with Gasteiger partial charge in [-0.3, -0.25) is 50.4 Å². The number of aliphatic imine (C=N–C) groups is 1. The molecular weight excluding hydrogens is 1150 g/mol. The monoisotopic (exact) mass is 1230 g/mol. The van der Waals surface area contributed by atoms with E-state index in [2.05, 4.69) is 90.6 Å². The van der Waals surface area contributed by atoms with E-state index in [0.29, 0.717) is 76.7 Å². The molecule has 0 bridgehead atoms. The topological polar surface area (TPSA) is 243 Å². The van der Waals surface area contributed by atoms with Crippen molar-refractivity contribution >= 4 is 64.0 Å². The van der Waals surface area contributed by atoms with E-state index in [9.17, 15) is 34.4 Å². The maximum absolute atomic E-state index is 15.1. The quantitative estimate of drug-likeness (QED) is 0.0501. The SMILES string of the molecule is CN1CCN(Cc2ccc(Nc3ccc(C(=O)NNC4N=C(N5CCN(CCO)CC5)C(F)=CN4C)c(O)c3Cl)cc2CN2CCN(Cc3ccc(-c4cc(Cl)c(O)c(C(=O)NNc5ncc(F)c(N6CCN(CCO)CC6)n5)c4)cc3)CC2)CC1. The lowest BCUT2D eigenvalue weighted by molar-refractivity contribution is 0.0899. The number of aromatic nitrogens is 2. The number of aliphatic hydroxyl groups excluding tert-OH is 2. The number of benzene rings is 4. The Morgan fingerprint density at radius 2 is 1.24 bits per heavy atom. The number of likely N-dealkylation sites (N-methyl/N-ethyl adjacent to an activating group) is 1. The highest BCUT2D eigenvalue weighted by Crippen LogP contribution is 2.38. The smallest absolute Gasteiger partial charge is 0.273 e. The minimum absolute atomic E-state index is 0.00711. The average molecular weight is 1230 g/mol. The molecule has 4 fully saturated rings. The second-order valence-corrected chi connectivity index (χ2v) is 23.0. The summed E-state index contributed by atoms with van der Waals surface area (Å²) < 4.78 is 30.0. The number of amides is 2. The van der Waals surface area contributed by atoms with Gasteiger partial charge in [-0.25, -0.2) is 18.8 Å². The highest BCUT2D eigenvalue weighted by atomic mass is 35.5. The number of hydrogen-bond acceptors (Lipinski definition) is 21. The van der Waals surface area contributed by atoms with Gasteiger partial charge in [0.1, 0.15) is 16.5 Å². The summed E-state index contributed by atoms with van der Waals surface area (Å²) in [5, 5.41) is 44.1. The van der Waals surface area contributed by atoms with E-state index in [1.54, 1.807) is 30.1 Å². The van der Waals surface area contributed by atoms with Crippen molar-refractivity contribution in [2.75, 3.05) is 161 Å². The summed E-state index contributed by atoms with van der Waals surface area (Å²) in [7, 11) is 3.78. The summed E-state index contributed by atoms with van der Waals surface area (Å²) in [6.45, 7) is 15.4. The molecule has 4 saturated heterocycles. The molecule has 86 heavy (non-hydrogen) atoms. The minimum Gasteiger partial charge on any atom is -0.506 e. The van der Waals surface area contributed by atoms with Gasteiger partial charge >= 0.3 is 0 Å². The number of phenols is 2. The van der Waals surface area contributed by atoms with Crippen LogP contribution in [0.15, 0.2) is 89.9 Å². The van der Waals surface area contributed by atoms with Gasteiger partial charge in [-0.1, -0.05) is 53.5 Å². The van der Waals surface area contributed by atoms with Gasteiger partial charge in [0.15, 0.2) is 29.6 Å². The van der Waals surface area contributed by atoms with E-state index in [-0.39, 0.29) is 52.0 Å². The number of rotatable bonds is 20. The van der Waals surface area contributed by atoms with Gasteiger partial charge in [0, 0.05) is 156 Å². The summed E-state index contributed by atoms with van der Waals surface area (Å²) in [5.74, 6) is -3.05. The molecule has 4 aromatic carbocycles. The van der Waals surface area contributed by atoms with E-state index in [1.165, 1.54) is 28.3 Å². The number of hydrazine groups is 2. The predicted molar refractivity (Wildman–Crippen MR) is 327 cm³/mol. The second kappa shape index (κ2) is 28.7. The van der Waals surface area contributed by atoms with E-state index >= 15 is 4.39 Å². The van der Waals surface area contributed by atoms with Crippen LogP contribution in [0.4, 0.5) is 31.9 Å². The number of β-amino-alcohol motifs (C(OH)–C–C–N with tert-alkyl or cyclic N) is 2. The Kier molecular flexibility index (Phi) is 20.7. The van der Waals surface area contributed by atoms with Crippen LogP contribution in [0.1, 0.15) is 37.4 Å². The zero-order chi connectivity index (χ0) is 60.4. The minimum atomic E-state index is -0.835. The standard InChI is InChI=1S/C59H75Cl2F2N17O6/c1-72-11-13-77(14-12-72)36-41-7-8-44(65-50-10-9-45(53(84)51(50)61)56(85)69-71-59-67-55(49(63)38-73(59)2)80-25-21-75(22-26-80)28-30-82)31-43(41)37-78-17-15-76(16-18-78)35-39-3-5-40(6-4-39)42-32-46(52(83)47(60)33-42)57(86)68-70-58-64-34-48(62)54(66-58)79-23-19-74(20-24-79)27-29-81/h3-10,31-34,38,59,65,71,81-84H,11-30,35-37H2,1-2H3,(H,68,86)(H,69,85)(H,64,66,70). The van der Waals surface area contributed by atoms with Gasteiger partial charge in [0.25, 0.3) is 11.8 Å². The third-order valence-corrected chi connectivity index (χ3v) is 17.0. The van der Waals surface area contributed by atoms with Crippen LogP contribution in [0.25, 0.3) is 11.1 Å². The Morgan fingerprint density at radius 3 is 1.91 bits per heavy atom. The molecule has 1 aromatic heterocycles. The van der Waals surface area contributed by atoms with Gasteiger partial charge in [0.05, 0.1) is 41.2 Å². The molecule has 460 valence electrons. The molecule has 10 rings (SSSR count). The number of nitrogens with zero attached hydrogens (tertiary/aromatic N) is 12. The first-order chi connectivity index (χ1) is 41.6. The van der Waals surface area contributed by atoms with Crippen LogP contribution < -0.4 is 31.9 Å². The molecule has 0 aliphatic carbocycles. The summed E-state index contributed by atoms with van der Waals surface area (Å²) in [6, 6.07) is 20.6. The first-order valence-corrected chi connectivity index (χ1v) is 29.7. The van der Waals surface area contributed by atoms with Crippen LogP contribution in [0.2, 0.25) is 10.0 Å². The van der Waals surface area contributed by atoms with E-state index in [1.807, 2.05) is 35.2 Å². The zero-order valence-corrected chi connectivity index (χ0v) is 49.8. The number of anilines is 4. The number of carbonyl (C=O) groups excluding carboxylic acids is 2. The third kappa shape index (κ3) is 15.4. The molecule has 1 atom stereocenters. The van der Waals surface area contributed by atoms with Gasteiger partial charge in [-0.15, -0.1) is 0 Å². The second-order valence-electron chi connectivity index (χ2n) is 22.2. The van der Waals surface area contributed by atoms with Crippen LogP contribution in [0.3, 0.4) is 0 Å². The largest absolute Gasteiger partial charge is 0.506 e. The number of phenolic OH excluding ortho intramolecular Hbond substituents is 2. The van der Waals surface area contributed by atoms with Crippen LogP contribution in [-0.2, 0) is 19.6 Å². The molecule has 0 spiro atoms. The number of amidine groups is 1. The van der Waals surface area contributed by atoms with Gasteiger partial charge in [-0.2, -0.15) is 10.4 Å². The number of carbonyl (C=O) groups is 2. The number of halogens is 4. The highest BCUT2D eigenvalue weighted by Gasteiger charge is 2.30. The van der Waals surface area contributed by atoms with Crippen molar-refractivity contribution in [3.8, 4) is 22.6 Å². The Bertz CT molecular complexity index is 3250. The molecule has 6 heterocycles. The summed E-state index contributed by atoms with van der Waals surface area (Å²) in [4.78, 5) is 58.8. The number of aliphatic hydroxyl groups is 2. The lowest BCUT2D eigenvalue weighted by atomic mass is 10.0. The molecule has 0 saturated carbocycles. The van der Waals surface area contributed by atoms with Crippen molar-refractivity contribution in [2.24, 2.45) is 4.99 Å². The Balaban J connectivity index is 0.738. The summed E-state index contributed by atoms with van der Waals surface area (Å²) >= 11 is 13.3. The molecule has 23 nitrogen and oxygen atoms in total. The van der Waals surface area contributed by atoms with Crippen molar-refractivity contribution in [1.29, 1.82) is 0 Å². The molecule has 5 aliphatic rings. The van der Waals surface area contributed by atoms with Crippen LogP contribution >= 0.6 is 23.2 Å². The molecule has 9 N–H and O–H groups in total. The van der Waals surface area contributed by atoms with Gasteiger partial charge in [-0.05, 0) is 71.3 Å². The average Bonchev–Trinajstić information content (AvgIpc) is 2.75. The molecule has 1 unspecified atom stereocenters. The Morgan fingerprint density at radius 1 is 0.640 bits per heavy atom. The molecule has 5 aromatic rings. The Hall–Kier alpha value is -7.01. The lowest BCUT2D eigenvalue weighted by Gasteiger charge is -2.38. The highest BCUT2D eigenvalue weighted by molar-refractivity contribution is 6.35. The number of nitrogens with one attached hydrogen (secondary N) is 5. The molecule has 5 aliphatic heterocycles. The van der Waals surface area contributed by atoms with E-state index in [0.717, 1.165) is 95.0 Å². The molecule has 27 heteroatoms. The fourth-order valence-corrected chi connectivity index (χ4v) is 11.6. The number of hydrogen-bond donors (Lipinski definition) is 9. The predicted octanol–water partition coefficient (Wildman–Crippen LogP) is 3.96. The van der Waals surface area contributed by atoms with Crippen molar-refractivity contribution < 1.29 is 38.8 Å². The van der Waals surface area contributed by atoms with Gasteiger partial charge in [0.2, 0.25) is 5.95 Å². The normalized spacial score (nSPS) is 18.9. The molecule has 2 amide bonds. The van der Waals surface area contributed by atoms with Crippen molar-refractivity contribution in [3.63, 3.8) is 0 Å². The first-order valence-electron chi connectivity index (χ1n) is 29.0. The van der Waals surface area contributed by atoms with Crippen molar-refractivity contribution in [2.45, 2.75) is 25.9 Å². The summed E-state index contributed by atoms with van der Waals surface area (Å²) in [6.07, 6.45) is 1.51. The third-order valence-electron chi connectivity index (χ3n) is 16.4. The van der Waals surface area contributed by atoms with E-state index in [4.69, 9.17) is 23.2 Å². The maximum Gasteiger partial charge on any atom is 0.273 e. The van der Waals surface area contributed by atoms with Crippen LogP contribution in [-0.4, -0.2) is 239 Å². The molecule has 0 radical (unpaired) electrons. The van der Waals surface area contributed by atoms with Crippen LogP contribution in [0.5, 0.6) is 11.5 Å². The fraction of sp³-hybridized carbons (Fsp3) is 0.441. The maximum atomic E-state index is 15.1. The van der Waals surface area contributed by atoms with E-state index < -0.39 is 41.2 Å². The summed E-state index contributed by atoms with van der Waals surface area (Å²) in [5.41, 5.74) is 16.5. The Labute approximate surface area is 509 Å². The first kappa shape index (κ1) is 62.1. The van der Waals surface area contributed by atoms with Crippen molar-refractivity contribution in [1.82, 2.24) is 65.4 Å².